The van der Waals surface area contributed by atoms with Crippen LogP contribution in [0.3, 0.4) is 0 Å². The minimum Gasteiger partial charge on any atom is -0.324 e. The number of nitriles is 1. The zero-order valence-electron chi connectivity index (χ0n) is 15.9. The summed E-state index contributed by atoms with van der Waals surface area (Å²) in [5.74, 6) is 0.636. The summed E-state index contributed by atoms with van der Waals surface area (Å²) in [6.07, 6.45) is 7.22. The number of benzene rings is 1. The van der Waals surface area contributed by atoms with E-state index >= 15 is 0 Å². The van der Waals surface area contributed by atoms with Gasteiger partial charge in [-0.2, -0.15) is 10.2 Å². The monoisotopic (exact) mass is 384 g/mol. The molecule has 7 heteroatoms. The summed E-state index contributed by atoms with van der Waals surface area (Å²) in [6, 6.07) is 12.1. The van der Waals surface area contributed by atoms with Gasteiger partial charge >= 0.3 is 0 Å². The predicted molar refractivity (Wildman–Crippen MR) is 110 cm³/mol. The molecule has 0 bridgehead atoms. The Bertz CT molecular complexity index is 1150. The average molecular weight is 384 g/mol. The summed E-state index contributed by atoms with van der Waals surface area (Å²) in [6.45, 7) is 0.638. The first kappa shape index (κ1) is 17.6. The van der Waals surface area contributed by atoms with Crippen molar-refractivity contribution in [1.29, 1.82) is 5.26 Å². The summed E-state index contributed by atoms with van der Waals surface area (Å²) in [5.41, 5.74) is 3.60. The van der Waals surface area contributed by atoms with Crippen LogP contribution in [0.25, 0.3) is 11.0 Å². The lowest BCUT2D eigenvalue weighted by atomic mass is 9.96. The fraction of sp³-hybridized carbons (Fsp3) is 0.318. The number of pyridine rings is 1. The molecular formula is C22H20N6O. The maximum atomic E-state index is 12.6. The van der Waals surface area contributed by atoms with E-state index in [1.807, 2.05) is 29.2 Å². The Morgan fingerprint density at radius 2 is 2.10 bits per heavy atom. The number of aryl methyl sites for hydroxylation is 1. The first-order chi connectivity index (χ1) is 14.2. The molecule has 0 spiro atoms. The molecule has 7 nitrogen and oxygen atoms in total. The first-order valence-electron chi connectivity index (χ1n) is 9.81. The molecule has 2 aromatic heterocycles. The zero-order valence-corrected chi connectivity index (χ0v) is 15.9. The van der Waals surface area contributed by atoms with Gasteiger partial charge in [-0.1, -0.05) is 0 Å². The van der Waals surface area contributed by atoms with Crippen LogP contribution >= 0.6 is 0 Å². The van der Waals surface area contributed by atoms with Crippen molar-refractivity contribution in [2.24, 2.45) is 5.41 Å². The summed E-state index contributed by atoms with van der Waals surface area (Å²) < 4.78 is 0. The van der Waals surface area contributed by atoms with E-state index in [4.69, 9.17) is 5.26 Å². The Hall–Kier alpha value is -3.53. The van der Waals surface area contributed by atoms with E-state index in [9.17, 15) is 4.79 Å². The number of carbonyl (C=O) groups is 1. The second-order valence-electron chi connectivity index (χ2n) is 7.89. The number of hydrogen-bond donors (Lipinski definition) is 1. The van der Waals surface area contributed by atoms with Crippen LogP contribution in [0.1, 0.15) is 31.2 Å². The Labute approximate surface area is 168 Å². The van der Waals surface area contributed by atoms with E-state index in [0.717, 1.165) is 35.2 Å². The summed E-state index contributed by atoms with van der Waals surface area (Å²) in [7, 11) is 0. The van der Waals surface area contributed by atoms with Crippen molar-refractivity contribution in [2.75, 3.05) is 16.8 Å². The number of aromatic nitrogens is 3. The van der Waals surface area contributed by atoms with Crippen LogP contribution in [0.4, 0.5) is 17.3 Å². The van der Waals surface area contributed by atoms with Crippen LogP contribution in [-0.4, -0.2) is 27.4 Å². The Kier molecular flexibility index (Phi) is 4.13. The van der Waals surface area contributed by atoms with Crippen molar-refractivity contribution in [3.8, 4) is 6.07 Å². The maximum Gasteiger partial charge on any atom is 0.229 e. The van der Waals surface area contributed by atoms with E-state index in [-0.39, 0.29) is 11.3 Å². The Morgan fingerprint density at radius 3 is 2.93 bits per heavy atom. The largest absolute Gasteiger partial charge is 0.324 e. The number of nitrogens with one attached hydrogen (secondary N) is 1. The molecule has 1 aliphatic heterocycles. The molecule has 0 saturated heterocycles. The second-order valence-corrected chi connectivity index (χ2v) is 7.89. The number of rotatable bonds is 5. The van der Waals surface area contributed by atoms with Crippen molar-refractivity contribution in [1.82, 2.24) is 15.0 Å². The molecule has 3 heterocycles. The summed E-state index contributed by atoms with van der Waals surface area (Å²) in [4.78, 5) is 27.5. The highest BCUT2D eigenvalue weighted by atomic mass is 16.2. The van der Waals surface area contributed by atoms with Crippen molar-refractivity contribution in [3.05, 3.63) is 48.3 Å². The molecule has 3 aromatic rings. The molecule has 2 aliphatic rings. The van der Waals surface area contributed by atoms with Crippen LogP contribution in [0.15, 0.2) is 42.7 Å². The normalized spacial score (nSPS) is 16.9. The SMILES string of the molecule is N#CCC1(CN2C(=O)CCc3cc(Nc4ncc5cccnc5n4)ccc32)CC1. The smallest absolute Gasteiger partial charge is 0.229 e. The van der Waals surface area contributed by atoms with E-state index in [0.29, 0.717) is 37.4 Å². The molecule has 1 aromatic carbocycles. The molecule has 1 N–H and O–H groups in total. The van der Waals surface area contributed by atoms with Gasteiger partial charge in [0.1, 0.15) is 0 Å². The van der Waals surface area contributed by atoms with E-state index in [1.165, 1.54) is 0 Å². The van der Waals surface area contributed by atoms with Crippen LogP contribution < -0.4 is 10.2 Å². The van der Waals surface area contributed by atoms with Gasteiger partial charge in [0.05, 0.1) is 6.07 Å². The van der Waals surface area contributed by atoms with Gasteiger partial charge in [0.2, 0.25) is 11.9 Å². The number of anilines is 3. The van der Waals surface area contributed by atoms with Gasteiger partial charge in [-0.15, -0.1) is 0 Å². The molecule has 1 fully saturated rings. The van der Waals surface area contributed by atoms with Gasteiger partial charge in [0, 0.05) is 54.0 Å². The molecule has 1 amide bonds. The standard InChI is InChI=1S/C22H20N6O/c23-10-9-22(7-8-22)14-28-18-5-4-17(12-15(18)3-6-19(28)29)26-21-25-13-16-2-1-11-24-20(16)27-21/h1-2,4-5,11-13H,3,6-9,14H2,(H,24,25,26,27). The molecule has 0 radical (unpaired) electrons. The summed E-state index contributed by atoms with van der Waals surface area (Å²) in [5, 5.41) is 13.2. The number of hydrogen-bond acceptors (Lipinski definition) is 6. The molecule has 0 unspecified atom stereocenters. The van der Waals surface area contributed by atoms with Gasteiger partial charge in [0.15, 0.2) is 5.65 Å². The first-order valence-corrected chi connectivity index (χ1v) is 9.81. The zero-order chi connectivity index (χ0) is 19.8. The lowest BCUT2D eigenvalue weighted by Crippen LogP contribution is -2.39. The van der Waals surface area contributed by atoms with Crippen molar-refractivity contribution in [3.63, 3.8) is 0 Å². The molecule has 29 heavy (non-hydrogen) atoms. The third-order valence-corrected chi connectivity index (χ3v) is 5.79. The molecule has 0 atom stereocenters. The fourth-order valence-corrected chi connectivity index (χ4v) is 3.93. The fourth-order valence-electron chi connectivity index (χ4n) is 3.93. The molecule has 144 valence electrons. The second kappa shape index (κ2) is 6.82. The predicted octanol–water partition coefficient (Wildman–Crippen LogP) is 3.74. The van der Waals surface area contributed by atoms with E-state index in [1.54, 1.807) is 12.4 Å². The van der Waals surface area contributed by atoms with Crippen LogP contribution in [0.5, 0.6) is 0 Å². The van der Waals surface area contributed by atoms with E-state index in [2.05, 4.69) is 32.4 Å². The van der Waals surface area contributed by atoms with Gasteiger partial charge in [-0.3, -0.25) is 4.79 Å². The van der Waals surface area contributed by atoms with Crippen molar-refractivity contribution < 1.29 is 4.79 Å². The van der Waals surface area contributed by atoms with Crippen molar-refractivity contribution in [2.45, 2.75) is 32.1 Å². The minimum absolute atomic E-state index is 0.0120. The molecule has 5 rings (SSSR count). The van der Waals surface area contributed by atoms with Crippen LogP contribution in [-0.2, 0) is 11.2 Å². The number of carbonyl (C=O) groups excluding carboxylic acids is 1. The number of fused-ring (bicyclic) bond motifs is 2. The van der Waals surface area contributed by atoms with Crippen LogP contribution in [0, 0.1) is 16.7 Å². The van der Waals surface area contributed by atoms with Gasteiger partial charge < -0.3 is 10.2 Å². The highest BCUT2D eigenvalue weighted by molar-refractivity contribution is 5.97. The van der Waals surface area contributed by atoms with Gasteiger partial charge in [-0.05, 0) is 55.2 Å². The molecule has 1 saturated carbocycles. The molecular weight excluding hydrogens is 364 g/mol. The van der Waals surface area contributed by atoms with E-state index < -0.39 is 0 Å². The van der Waals surface area contributed by atoms with Gasteiger partial charge in [0.25, 0.3) is 0 Å². The topological polar surface area (TPSA) is 94.8 Å². The number of amides is 1. The van der Waals surface area contributed by atoms with Crippen LogP contribution in [0.2, 0.25) is 0 Å². The number of nitrogens with zero attached hydrogens (tertiary/aromatic N) is 5. The third kappa shape index (κ3) is 3.38. The molecule has 1 aliphatic carbocycles. The highest BCUT2D eigenvalue weighted by Crippen LogP contribution is 2.50. The highest BCUT2D eigenvalue weighted by Gasteiger charge is 2.45. The lowest BCUT2D eigenvalue weighted by molar-refractivity contribution is -0.119. The minimum atomic E-state index is -0.0120. The maximum absolute atomic E-state index is 12.6. The average Bonchev–Trinajstić information content (AvgIpc) is 3.50. The summed E-state index contributed by atoms with van der Waals surface area (Å²) >= 11 is 0. The van der Waals surface area contributed by atoms with Crippen molar-refractivity contribution >= 4 is 34.3 Å². The lowest BCUT2D eigenvalue weighted by Gasteiger charge is -2.32. The Morgan fingerprint density at radius 1 is 1.21 bits per heavy atom. The Balaban J connectivity index is 1.40. The third-order valence-electron chi connectivity index (χ3n) is 5.79. The van der Waals surface area contributed by atoms with Gasteiger partial charge in [-0.25, -0.2) is 9.97 Å². The quantitative estimate of drug-likeness (QED) is 0.720.